The summed E-state index contributed by atoms with van der Waals surface area (Å²) in [5.74, 6) is 0.823. The number of benzene rings is 1. The summed E-state index contributed by atoms with van der Waals surface area (Å²) in [5, 5.41) is 6.40. The molecule has 1 aromatic carbocycles. The Labute approximate surface area is 152 Å². The van der Waals surface area contributed by atoms with E-state index in [4.69, 9.17) is 9.47 Å². The van der Waals surface area contributed by atoms with Crippen LogP contribution in [0.3, 0.4) is 0 Å². The molecular weight excluding hydrogens is 347 g/mol. The van der Waals surface area contributed by atoms with Gasteiger partial charge in [0, 0.05) is 24.1 Å². The van der Waals surface area contributed by atoms with Gasteiger partial charge in [0.25, 0.3) is 0 Å². The van der Waals surface area contributed by atoms with Crippen LogP contribution in [0.4, 0.5) is 13.2 Å². The minimum atomic E-state index is -4.37. The molecule has 0 radical (unpaired) electrons. The summed E-state index contributed by atoms with van der Waals surface area (Å²) in [6.07, 6.45) is -4.37. The Balaban J connectivity index is 2.04. The summed E-state index contributed by atoms with van der Waals surface area (Å²) >= 11 is 0. The predicted octanol–water partition coefficient (Wildman–Crippen LogP) is 3.03. The van der Waals surface area contributed by atoms with Crippen molar-refractivity contribution >= 4 is 5.96 Å². The monoisotopic (exact) mass is 373 g/mol. The molecule has 2 N–H and O–H groups in total. The number of ether oxygens (including phenoxy) is 2. The minimum absolute atomic E-state index is 0.0844. The first kappa shape index (κ1) is 20.4. The molecule has 146 valence electrons. The summed E-state index contributed by atoms with van der Waals surface area (Å²) in [7, 11) is 0. The molecule has 2 rings (SSSR count). The smallest absolute Gasteiger partial charge is 0.422 e. The molecule has 0 bridgehead atoms. The zero-order chi connectivity index (χ0) is 19.2. The second-order valence-electron chi connectivity index (χ2n) is 6.87. The van der Waals surface area contributed by atoms with Gasteiger partial charge in [0.05, 0.1) is 19.8 Å². The number of nitrogens with one attached hydrogen (secondary N) is 2. The molecule has 0 amide bonds. The number of aliphatic imine (C=N–C) groups is 1. The van der Waals surface area contributed by atoms with Gasteiger partial charge in [0.15, 0.2) is 12.6 Å². The first-order valence-corrected chi connectivity index (χ1v) is 8.60. The largest absolute Gasteiger partial charge is 0.484 e. The lowest BCUT2D eigenvalue weighted by Gasteiger charge is -2.38. The molecule has 1 saturated heterocycles. The van der Waals surface area contributed by atoms with Crippen molar-refractivity contribution in [1.82, 2.24) is 10.6 Å². The standard InChI is InChI=1S/C18H26F3N3O2/c1-4-22-16(24-9-17(3)10-25-11-17)23-8-14-6-5-13(2)7-15(14)26-12-18(19,20)21/h5-7H,4,8-12H2,1-3H3,(H2,22,23,24). The third-order valence-corrected chi connectivity index (χ3v) is 3.95. The van der Waals surface area contributed by atoms with Crippen LogP contribution in [-0.2, 0) is 11.3 Å². The fourth-order valence-electron chi connectivity index (χ4n) is 2.44. The van der Waals surface area contributed by atoms with Crippen LogP contribution >= 0.6 is 0 Å². The van der Waals surface area contributed by atoms with Crippen LogP contribution in [-0.4, -0.2) is 45.0 Å². The molecule has 0 aliphatic carbocycles. The van der Waals surface area contributed by atoms with Crippen molar-refractivity contribution < 1.29 is 22.6 Å². The lowest BCUT2D eigenvalue weighted by atomic mass is 9.89. The maximum Gasteiger partial charge on any atom is 0.422 e. The molecule has 0 atom stereocenters. The Morgan fingerprint density at radius 3 is 2.62 bits per heavy atom. The third kappa shape index (κ3) is 6.40. The van der Waals surface area contributed by atoms with E-state index in [9.17, 15) is 13.2 Å². The van der Waals surface area contributed by atoms with E-state index in [1.165, 1.54) is 0 Å². The van der Waals surface area contributed by atoms with Crippen molar-refractivity contribution in [2.45, 2.75) is 33.5 Å². The lowest BCUT2D eigenvalue weighted by Crippen LogP contribution is -2.51. The molecule has 1 aromatic rings. The number of alkyl halides is 3. The van der Waals surface area contributed by atoms with Crippen LogP contribution in [0.15, 0.2) is 23.2 Å². The minimum Gasteiger partial charge on any atom is -0.484 e. The van der Waals surface area contributed by atoms with Crippen molar-refractivity contribution in [2.75, 3.05) is 32.9 Å². The van der Waals surface area contributed by atoms with Crippen LogP contribution < -0.4 is 15.4 Å². The van der Waals surface area contributed by atoms with Crippen LogP contribution in [0.25, 0.3) is 0 Å². The van der Waals surface area contributed by atoms with Gasteiger partial charge < -0.3 is 20.1 Å². The van der Waals surface area contributed by atoms with E-state index >= 15 is 0 Å². The number of guanidine groups is 1. The molecular formula is C18H26F3N3O2. The maximum atomic E-state index is 12.5. The topological polar surface area (TPSA) is 54.9 Å². The number of halogens is 3. The highest BCUT2D eigenvalue weighted by atomic mass is 19.4. The summed E-state index contributed by atoms with van der Waals surface area (Å²) in [6, 6.07) is 5.18. The van der Waals surface area contributed by atoms with Gasteiger partial charge in [0.2, 0.25) is 0 Å². The molecule has 0 unspecified atom stereocenters. The Hall–Kier alpha value is -1.96. The van der Waals surface area contributed by atoms with E-state index < -0.39 is 12.8 Å². The van der Waals surface area contributed by atoms with Gasteiger partial charge in [-0.2, -0.15) is 13.2 Å². The van der Waals surface area contributed by atoms with Crippen molar-refractivity contribution in [2.24, 2.45) is 10.4 Å². The zero-order valence-corrected chi connectivity index (χ0v) is 15.4. The van der Waals surface area contributed by atoms with Gasteiger partial charge in [-0.3, -0.25) is 0 Å². The average Bonchev–Trinajstić information content (AvgIpc) is 2.54. The second-order valence-corrected chi connectivity index (χ2v) is 6.87. The molecule has 8 heteroatoms. The van der Waals surface area contributed by atoms with Gasteiger partial charge in [-0.1, -0.05) is 19.1 Å². The average molecular weight is 373 g/mol. The molecule has 26 heavy (non-hydrogen) atoms. The highest BCUT2D eigenvalue weighted by molar-refractivity contribution is 5.79. The summed E-state index contributed by atoms with van der Waals surface area (Å²) in [5.41, 5.74) is 1.52. The summed E-state index contributed by atoms with van der Waals surface area (Å²) < 4.78 is 47.6. The van der Waals surface area contributed by atoms with Gasteiger partial charge in [-0.05, 0) is 25.5 Å². The maximum absolute atomic E-state index is 12.5. The predicted molar refractivity (Wildman–Crippen MR) is 94.5 cm³/mol. The SMILES string of the molecule is CCNC(=NCc1ccc(C)cc1OCC(F)(F)F)NCC1(C)COC1. The fraction of sp³-hybridized carbons (Fsp3) is 0.611. The summed E-state index contributed by atoms with van der Waals surface area (Å²) in [6.45, 7) is 7.58. The molecule has 1 aliphatic rings. The lowest BCUT2D eigenvalue weighted by molar-refractivity contribution is -0.153. The summed E-state index contributed by atoms with van der Waals surface area (Å²) in [4.78, 5) is 4.47. The molecule has 0 aromatic heterocycles. The van der Waals surface area contributed by atoms with Crippen molar-refractivity contribution in [3.05, 3.63) is 29.3 Å². The number of hydrogen-bond donors (Lipinski definition) is 2. The van der Waals surface area contributed by atoms with Crippen molar-refractivity contribution in [3.8, 4) is 5.75 Å². The van der Waals surface area contributed by atoms with E-state index in [0.717, 1.165) is 5.56 Å². The molecule has 1 heterocycles. The fourth-order valence-corrected chi connectivity index (χ4v) is 2.44. The van der Waals surface area contributed by atoms with Crippen molar-refractivity contribution in [1.29, 1.82) is 0 Å². The Morgan fingerprint density at radius 2 is 2.04 bits per heavy atom. The molecule has 5 nitrogen and oxygen atoms in total. The van der Waals surface area contributed by atoms with E-state index in [0.29, 0.717) is 37.8 Å². The molecule has 0 saturated carbocycles. The van der Waals surface area contributed by atoms with E-state index in [1.807, 2.05) is 13.0 Å². The molecule has 1 aliphatic heterocycles. The number of rotatable bonds is 7. The quantitative estimate of drug-likeness (QED) is 0.570. The van der Waals surface area contributed by atoms with Gasteiger partial charge in [-0.15, -0.1) is 0 Å². The Bertz CT molecular complexity index is 629. The number of aryl methyl sites for hydroxylation is 1. The third-order valence-electron chi connectivity index (χ3n) is 3.95. The second kappa shape index (κ2) is 8.62. The molecule has 1 fully saturated rings. The van der Waals surface area contributed by atoms with Crippen LogP contribution in [0, 0.1) is 12.3 Å². The normalized spacial score (nSPS) is 16.8. The van der Waals surface area contributed by atoms with Crippen molar-refractivity contribution in [3.63, 3.8) is 0 Å². The Kier molecular flexibility index (Phi) is 6.75. The van der Waals surface area contributed by atoms with E-state index in [1.54, 1.807) is 19.1 Å². The van der Waals surface area contributed by atoms with Gasteiger partial charge >= 0.3 is 6.18 Å². The van der Waals surface area contributed by atoms with E-state index in [-0.39, 0.29) is 17.7 Å². The van der Waals surface area contributed by atoms with Gasteiger partial charge in [0.1, 0.15) is 5.75 Å². The zero-order valence-electron chi connectivity index (χ0n) is 15.4. The van der Waals surface area contributed by atoms with Crippen LogP contribution in [0.2, 0.25) is 0 Å². The van der Waals surface area contributed by atoms with E-state index in [2.05, 4.69) is 22.5 Å². The Morgan fingerprint density at radius 1 is 1.31 bits per heavy atom. The van der Waals surface area contributed by atoms with Crippen LogP contribution in [0.1, 0.15) is 25.0 Å². The first-order valence-electron chi connectivity index (χ1n) is 8.60. The number of nitrogens with zero attached hydrogens (tertiary/aromatic N) is 1. The highest BCUT2D eigenvalue weighted by Crippen LogP contribution is 2.26. The van der Waals surface area contributed by atoms with Crippen LogP contribution in [0.5, 0.6) is 5.75 Å². The molecule has 0 spiro atoms. The highest BCUT2D eigenvalue weighted by Gasteiger charge is 2.33. The first-order chi connectivity index (χ1) is 12.2. The van der Waals surface area contributed by atoms with Gasteiger partial charge in [-0.25, -0.2) is 4.99 Å². The number of hydrogen-bond acceptors (Lipinski definition) is 3.